The van der Waals surface area contributed by atoms with Crippen molar-refractivity contribution in [3.8, 4) is 0 Å². The molecule has 6 nitrogen and oxygen atoms in total. The lowest BCUT2D eigenvalue weighted by Gasteiger charge is -2.11. The molecule has 1 amide bonds. The highest BCUT2D eigenvalue weighted by Crippen LogP contribution is 2.18. The van der Waals surface area contributed by atoms with Crippen LogP contribution >= 0.6 is 0 Å². The van der Waals surface area contributed by atoms with Crippen LogP contribution in [0.5, 0.6) is 0 Å². The fourth-order valence-corrected chi connectivity index (χ4v) is 3.20. The van der Waals surface area contributed by atoms with E-state index in [4.69, 9.17) is 0 Å². The third kappa shape index (κ3) is 3.10. The van der Waals surface area contributed by atoms with Gasteiger partial charge in [0.25, 0.3) is 11.5 Å². The largest absolute Gasteiger partial charge is 0.351 e. The van der Waals surface area contributed by atoms with Crippen LogP contribution in [-0.2, 0) is 6.54 Å². The van der Waals surface area contributed by atoms with Gasteiger partial charge in [-0.1, -0.05) is 43.3 Å². The number of benzene rings is 1. The van der Waals surface area contributed by atoms with Gasteiger partial charge in [-0.25, -0.2) is 4.98 Å². The van der Waals surface area contributed by atoms with Crippen molar-refractivity contribution in [1.82, 2.24) is 19.3 Å². The Morgan fingerprint density at radius 2 is 1.89 bits per heavy atom. The molecule has 0 aliphatic heterocycles. The van der Waals surface area contributed by atoms with E-state index in [2.05, 4.69) is 10.3 Å². The second-order valence-corrected chi connectivity index (χ2v) is 6.44. The Bertz CT molecular complexity index is 1180. The maximum absolute atomic E-state index is 12.9. The topological polar surface area (TPSA) is 68.4 Å². The van der Waals surface area contributed by atoms with Crippen LogP contribution in [0.3, 0.4) is 0 Å². The number of carbonyl (C=O) groups is 1. The molecule has 136 valence electrons. The van der Waals surface area contributed by atoms with Crippen LogP contribution in [0.15, 0.2) is 65.6 Å². The van der Waals surface area contributed by atoms with Crippen molar-refractivity contribution in [2.75, 3.05) is 6.54 Å². The lowest BCUT2D eigenvalue weighted by atomic mass is 10.2. The number of nitrogens with one attached hydrogen (secondary N) is 1. The molecule has 4 aromatic rings. The second-order valence-electron chi connectivity index (χ2n) is 6.44. The summed E-state index contributed by atoms with van der Waals surface area (Å²) in [5, 5.41) is 3.34. The molecule has 0 aliphatic rings. The number of rotatable bonds is 5. The van der Waals surface area contributed by atoms with Gasteiger partial charge in [0.05, 0.1) is 5.39 Å². The third-order valence-corrected chi connectivity index (χ3v) is 4.53. The number of aromatic nitrogens is 3. The Balaban J connectivity index is 1.95. The monoisotopic (exact) mass is 360 g/mol. The Hall–Kier alpha value is -3.41. The minimum absolute atomic E-state index is 0.174. The highest BCUT2D eigenvalue weighted by molar-refractivity contribution is 5.98. The molecule has 0 saturated heterocycles. The van der Waals surface area contributed by atoms with Gasteiger partial charge in [0.2, 0.25) is 0 Å². The average Bonchev–Trinajstić information content (AvgIpc) is 3.06. The van der Waals surface area contributed by atoms with Crippen LogP contribution in [0.25, 0.3) is 16.7 Å². The molecule has 0 atom stereocenters. The molecular formula is C21H20N4O2. The van der Waals surface area contributed by atoms with Crippen LogP contribution in [0, 0.1) is 0 Å². The molecule has 6 heteroatoms. The first-order valence-electron chi connectivity index (χ1n) is 9.02. The molecule has 0 aliphatic carbocycles. The fourth-order valence-electron chi connectivity index (χ4n) is 3.20. The number of nitrogens with zero attached hydrogens (tertiary/aromatic N) is 3. The third-order valence-electron chi connectivity index (χ3n) is 4.53. The van der Waals surface area contributed by atoms with E-state index < -0.39 is 0 Å². The predicted molar refractivity (Wildman–Crippen MR) is 105 cm³/mol. The number of amides is 1. The van der Waals surface area contributed by atoms with E-state index in [0.29, 0.717) is 35.5 Å². The van der Waals surface area contributed by atoms with Gasteiger partial charge in [-0.2, -0.15) is 0 Å². The van der Waals surface area contributed by atoms with Gasteiger partial charge in [-0.15, -0.1) is 0 Å². The molecule has 0 fully saturated rings. The van der Waals surface area contributed by atoms with E-state index in [1.54, 1.807) is 24.4 Å². The zero-order valence-electron chi connectivity index (χ0n) is 15.1. The normalized spacial score (nSPS) is 11.1. The highest BCUT2D eigenvalue weighted by Gasteiger charge is 2.19. The maximum atomic E-state index is 12.9. The minimum atomic E-state index is -0.195. The van der Waals surface area contributed by atoms with Gasteiger partial charge in [-0.05, 0) is 30.2 Å². The Morgan fingerprint density at radius 3 is 2.67 bits per heavy atom. The molecule has 3 aromatic heterocycles. The number of fused-ring (bicyclic) bond motifs is 2. The van der Waals surface area contributed by atoms with Gasteiger partial charge in [0.1, 0.15) is 17.0 Å². The van der Waals surface area contributed by atoms with E-state index in [0.717, 1.165) is 12.0 Å². The van der Waals surface area contributed by atoms with Gasteiger partial charge >= 0.3 is 0 Å². The lowest BCUT2D eigenvalue weighted by Crippen LogP contribution is -2.26. The molecule has 27 heavy (non-hydrogen) atoms. The summed E-state index contributed by atoms with van der Waals surface area (Å²) in [6.07, 6.45) is 2.53. The molecule has 1 N–H and O–H groups in total. The van der Waals surface area contributed by atoms with Crippen LogP contribution < -0.4 is 10.9 Å². The van der Waals surface area contributed by atoms with Crippen LogP contribution in [0.2, 0.25) is 0 Å². The SMILES string of the molecule is CCCNC(=O)c1cc2c(=O)n3ccccc3nc2n1Cc1ccccc1. The first-order valence-corrected chi connectivity index (χ1v) is 9.02. The molecule has 3 heterocycles. The summed E-state index contributed by atoms with van der Waals surface area (Å²) in [5.41, 5.74) is 2.39. The Morgan fingerprint density at radius 1 is 1.11 bits per heavy atom. The van der Waals surface area contributed by atoms with Crippen molar-refractivity contribution in [1.29, 1.82) is 0 Å². The number of pyridine rings is 1. The van der Waals surface area contributed by atoms with E-state index in [-0.39, 0.29) is 11.5 Å². The van der Waals surface area contributed by atoms with Gasteiger partial charge in [-0.3, -0.25) is 14.0 Å². The fraction of sp³-hybridized carbons (Fsp3) is 0.190. The van der Waals surface area contributed by atoms with E-state index >= 15 is 0 Å². The molecule has 0 unspecified atom stereocenters. The smallest absolute Gasteiger partial charge is 0.268 e. The zero-order chi connectivity index (χ0) is 18.8. The van der Waals surface area contributed by atoms with Crippen molar-refractivity contribution in [2.24, 2.45) is 0 Å². The summed E-state index contributed by atoms with van der Waals surface area (Å²) in [5.74, 6) is -0.195. The highest BCUT2D eigenvalue weighted by atomic mass is 16.2. The molecule has 0 spiro atoms. The molecule has 1 aromatic carbocycles. The van der Waals surface area contributed by atoms with Gasteiger partial charge in [0, 0.05) is 19.3 Å². The summed E-state index contributed by atoms with van der Waals surface area (Å²) < 4.78 is 3.33. The first kappa shape index (κ1) is 17.0. The Kier molecular flexibility index (Phi) is 4.46. The molecule has 0 saturated carbocycles. The average molecular weight is 360 g/mol. The van der Waals surface area contributed by atoms with Crippen molar-refractivity contribution in [3.63, 3.8) is 0 Å². The first-order chi connectivity index (χ1) is 13.2. The zero-order valence-corrected chi connectivity index (χ0v) is 15.1. The summed E-state index contributed by atoms with van der Waals surface area (Å²) in [6, 6.07) is 16.9. The number of carbonyl (C=O) groups excluding carboxylic acids is 1. The molecule has 4 rings (SSSR count). The van der Waals surface area contributed by atoms with Crippen molar-refractivity contribution >= 4 is 22.6 Å². The van der Waals surface area contributed by atoms with E-state index in [1.165, 1.54) is 4.40 Å². The minimum Gasteiger partial charge on any atom is -0.351 e. The van der Waals surface area contributed by atoms with E-state index in [1.807, 2.05) is 47.9 Å². The second kappa shape index (κ2) is 7.07. The molecule has 0 radical (unpaired) electrons. The van der Waals surface area contributed by atoms with Crippen LogP contribution in [0.4, 0.5) is 0 Å². The number of hydrogen-bond acceptors (Lipinski definition) is 3. The van der Waals surface area contributed by atoms with Gasteiger partial charge < -0.3 is 9.88 Å². The summed E-state index contributed by atoms with van der Waals surface area (Å²) in [7, 11) is 0. The lowest BCUT2D eigenvalue weighted by molar-refractivity contribution is 0.0945. The summed E-state index contributed by atoms with van der Waals surface area (Å²) in [6.45, 7) is 3.05. The van der Waals surface area contributed by atoms with E-state index in [9.17, 15) is 9.59 Å². The quantitative estimate of drug-likeness (QED) is 0.595. The van der Waals surface area contributed by atoms with Crippen molar-refractivity contribution < 1.29 is 4.79 Å². The molecule has 0 bridgehead atoms. The van der Waals surface area contributed by atoms with Crippen LogP contribution in [-0.4, -0.2) is 26.4 Å². The standard InChI is InChI=1S/C21H20N4O2/c1-2-11-22-20(26)17-13-16-19(25(17)14-15-8-4-3-5-9-15)23-18-10-6-7-12-24(18)21(16)27/h3-10,12-13H,2,11,14H2,1H3,(H,22,26). The Labute approximate surface area is 156 Å². The predicted octanol–water partition coefficient (Wildman–Crippen LogP) is 2.84. The van der Waals surface area contributed by atoms with Crippen LogP contribution in [0.1, 0.15) is 29.4 Å². The summed E-state index contributed by atoms with van der Waals surface area (Å²) in [4.78, 5) is 30.3. The molecular weight excluding hydrogens is 340 g/mol. The van der Waals surface area contributed by atoms with Crippen molar-refractivity contribution in [3.05, 3.63) is 82.4 Å². The van der Waals surface area contributed by atoms with Gasteiger partial charge in [0.15, 0.2) is 0 Å². The number of hydrogen-bond donors (Lipinski definition) is 1. The van der Waals surface area contributed by atoms with Crippen molar-refractivity contribution in [2.45, 2.75) is 19.9 Å². The summed E-state index contributed by atoms with van der Waals surface area (Å²) >= 11 is 0. The maximum Gasteiger partial charge on any atom is 0.268 e.